The van der Waals surface area contributed by atoms with E-state index in [4.69, 9.17) is 44.9 Å². The molecule has 1 aromatic heterocycles. The van der Waals surface area contributed by atoms with Gasteiger partial charge >= 0.3 is 0 Å². The fourth-order valence-corrected chi connectivity index (χ4v) is 3.54. The molecule has 0 fully saturated rings. The number of nitrogens with zero attached hydrogens (tertiary/aromatic N) is 2. The lowest BCUT2D eigenvalue weighted by atomic mass is 10.2. The minimum atomic E-state index is 0.287. The Kier molecular flexibility index (Phi) is 7.41. The Morgan fingerprint density at radius 3 is 2.76 bits per heavy atom. The first-order valence-electron chi connectivity index (χ1n) is 9.16. The SMILES string of the molecule is CCCc1n[nH]c(=S)n1NCc1cccc(OC)c1OCc1ccc(Cl)cc1Cl. The van der Waals surface area contributed by atoms with Crippen molar-refractivity contribution in [2.45, 2.75) is 32.9 Å². The summed E-state index contributed by atoms with van der Waals surface area (Å²) in [5, 5.41) is 8.23. The Balaban J connectivity index is 1.81. The van der Waals surface area contributed by atoms with Gasteiger partial charge in [-0.15, -0.1) is 0 Å². The van der Waals surface area contributed by atoms with Crippen molar-refractivity contribution in [1.29, 1.82) is 0 Å². The first-order valence-corrected chi connectivity index (χ1v) is 10.3. The molecule has 0 atom stereocenters. The van der Waals surface area contributed by atoms with E-state index < -0.39 is 0 Å². The topological polar surface area (TPSA) is 64.1 Å². The van der Waals surface area contributed by atoms with Crippen LogP contribution in [0.25, 0.3) is 0 Å². The van der Waals surface area contributed by atoms with E-state index in [-0.39, 0.29) is 6.61 Å². The highest BCUT2D eigenvalue weighted by Crippen LogP contribution is 2.33. The molecule has 0 saturated carbocycles. The average molecular weight is 453 g/mol. The van der Waals surface area contributed by atoms with Gasteiger partial charge < -0.3 is 14.9 Å². The minimum Gasteiger partial charge on any atom is -0.493 e. The molecule has 3 rings (SSSR count). The van der Waals surface area contributed by atoms with Crippen molar-refractivity contribution in [2.24, 2.45) is 0 Å². The van der Waals surface area contributed by atoms with Crippen molar-refractivity contribution in [3.63, 3.8) is 0 Å². The number of halogens is 2. The third-order valence-corrected chi connectivity index (χ3v) is 5.17. The van der Waals surface area contributed by atoms with E-state index in [1.165, 1.54) is 0 Å². The zero-order valence-corrected chi connectivity index (χ0v) is 18.5. The second-order valence-electron chi connectivity index (χ2n) is 6.34. The van der Waals surface area contributed by atoms with Crippen LogP contribution < -0.4 is 14.9 Å². The molecular formula is C20H22Cl2N4O2S. The molecule has 9 heteroatoms. The number of aromatic nitrogens is 3. The number of nitrogens with one attached hydrogen (secondary N) is 2. The molecule has 2 aromatic carbocycles. The van der Waals surface area contributed by atoms with Crippen LogP contribution in [0.15, 0.2) is 36.4 Å². The fraction of sp³-hybridized carbons (Fsp3) is 0.300. The van der Waals surface area contributed by atoms with Crippen molar-refractivity contribution in [3.05, 3.63) is 68.2 Å². The third kappa shape index (κ3) is 5.23. The van der Waals surface area contributed by atoms with Gasteiger partial charge in [-0.25, -0.2) is 4.68 Å². The van der Waals surface area contributed by atoms with Crippen LogP contribution in [0, 0.1) is 4.77 Å². The number of methoxy groups -OCH3 is 1. The standard InChI is InChI=1S/C20H22Cl2N4O2S/c1-3-5-18-24-25-20(29)26(18)23-11-13-6-4-7-17(27-2)19(13)28-12-14-8-9-15(21)10-16(14)22/h4,6-10,23H,3,5,11-12H2,1-2H3,(H,25,29). The number of aryl methyl sites for hydroxylation is 1. The Labute approximate surface area is 184 Å². The molecule has 0 aliphatic heterocycles. The van der Waals surface area contributed by atoms with Gasteiger partial charge in [-0.3, -0.25) is 5.10 Å². The summed E-state index contributed by atoms with van der Waals surface area (Å²) in [7, 11) is 1.61. The molecule has 154 valence electrons. The summed E-state index contributed by atoms with van der Waals surface area (Å²) in [6.07, 6.45) is 1.79. The van der Waals surface area contributed by atoms with Gasteiger partial charge in [0.1, 0.15) is 6.61 Å². The summed E-state index contributed by atoms with van der Waals surface area (Å²) < 4.78 is 13.9. The molecule has 3 aromatic rings. The molecule has 0 amide bonds. The van der Waals surface area contributed by atoms with Crippen LogP contribution >= 0.6 is 35.4 Å². The molecule has 29 heavy (non-hydrogen) atoms. The summed E-state index contributed by atoms with van der Waals surface area (Å²) in [4.78, 5) is 0. The van der Waals surface area contributed by atoms with Gasteiger partial charge in [0.15, 0.2) is 17.3 Å². The maximum absolute atomic E-state index is 6.27. The summed E-state index contributed by atoms with van der Waals surface area (Å²) in [5.41, 5.74) is 5.06. The summed E-state index contributed by atoms with van der Waals surface area (Å²) in [6, 6.07) is 11.1. The summed E-state index contributed by atoms with van der Waals surface area (Å²) in [6.45, 7) is 2.86. The number of para-hydroxylation sites is 1. The molecule has 0 aliphatic rings. The molecule has 1 heterocycles. The Morgan fingerprint density at radius 2 is 2.03 bits per heavy atom. The summed E-state index contributed by atoms with van der Waals surface area (Å²) in [5.74, 6) is 2.13. The van der Waals surface area contributed by atoms with Crippen molar-refractivity contribution in [2.75, 3.05) is 12.5 Å². The lowest BCUT2D eigenvalue weighted by Gasteiger charge is -2.17. The second-order valence-corrected chi connectivity index (χ2v) is 7.57. The number of H-pyrrole nitrogens is 1. The summed E-state index contributed by atoms with van der Waals surface area (Å²) >= 11 is 17.6. The van der Waals surface area contributed by atoms with Crippen LogP contribution in [0.3, 0.4) is 0 Å². The van der Waals surface area contributed by atoms with E-state index in [1.54, 1.807) is 23.9 Å². The number of rotatable bonds is 9. The molecule has 0 bridgehead atoms. The van der Waals surface area contributed by atoms with Crippen LogP contribution in [0.1, 0.15) is 30.3 Å². The maximum atomic E-state index is 6.27. The largest absolute Gasteiger partial charge is 0.493 e. The lowest BCUT2D eigenvalue weighted by Crippen LogP contribution is -2.18. The number of hydrogen-bond acceptors (Lipinski definition) is 5. The van der Waals surface area contributed by atoms with Crippen molar-refractivity contribution >= 4 is 35.4 Å². The Morgan fingerprint density at radius 1 is 1.21 bits per heavy atom. The molecule has 6 nitrogen and oxygen atoms in total. The number of ether oxygens (including phenoxy) is 2. The van der Waals surface area contributed by atoms with Gasteiger partial charge in [-0.05, 0) is 36.8 Å². The zero-order valence-electron chi connectivity index (χ0n) is 16.2. The first kappa shape index (κ1) is 21.5. The van der Waals surface area contributed by atoms with Gasteiger partial charge in [0.2, 0.25) is 4.77 Å². The highest BCUT2D eigenvalue weighted by Gasteiger charge is 2.13. The van der Waals surface area contributed by atoms with Gasteiger partial charge in [-0.2, -0.15) is 5.10 Å². The highest BCUT2D eigenvalue weighted by atomic mass is 35.5. The second kappa shape index (κ2) is 10.0. The predicted molar refractivity (Wildman–Crippen MR) is 118 cm³/mol. The molecule has 0 radical (unpaired) electrons. The number of hydrogen-bond donors (Lipinski definition) is 2. The molecule has 0 saturated heterocycles. The number of benzene rings is 2. The van der Waals surface area contributed by atoms with Crippen LogP contribution in [0.2, 0.25) is 10.0 Å². The molecular weight excluding hydrogens is 431 g/mol. The lowest BCUT2D eigenvalue weighted by molar-refractivity contribution is 0.281. The van der Waals surface area contributed by atoms with Gasteiger partial charge in [0.05, 0.1) is 13.7 Å². The number of aromatic amines is 1. The van der Waals surface area contributed by atoms with Crippen LogP contribution in [-0.2, 0) is 19.6 Å². The van der Waals surface area contributed by atoms with Gasteiger partial charge in [-0.1, -0.05) is 48.3 Å². The predicted octanol–water partition coefficient (Wildman–Crippen LogP) is 5.53. The van der Waals surface area contributed by atoms with E-state index in [0.29, 0.717) is 32.9 Å². The highest BCUT2D eigenvalue weighted by molar-refractivity contribution is 7.71. The molecule has 0 spiro atoms. The fourth-order valence-electron chi connectivity index (χ4n) is 2.86. The van der Waals surface area contributed by atoms with E-state index in [0.717, 1.165) is 29.8 Å². The Bertz CT molecular complexity index is 1040. The monoisotopic (exact) mass is 452 g/mol. The smallest absolute Gasteiger partial charge is 0.214 e. The third-order valence-electron chi connectivity index (χ3n) is 4.31. The van der Waals surface area contributed by atoms with Crippen LogP contribution in [-0.4, -0.2) is 22.0 Å². The molecule has 0 unspecified atom stereocenters. The molecule has 0 aliphatic carbocycles. The van der Waals surface area contributed by atoms with Gasteiger partial charge in [0, 0.05) is 27.6 Å². The van der Waals surface area contributed by atoms with E-state index in [1.807, 2.05) is 24.3 Å². The van der Waals surface area contributed by atoms with E-state index in [2.05, 4.69) is 22.5 Å². The van der Waals surface area contributed by atoms with Gasteiger partial charge in [0.25, 0.3) is 0 Å². The quantitative estimate of drug-likeness (QED) is 0.417. The maximum Gasteiger partial charge on any atom is 0.214 e. The Hall–Kier alpha value is -2.22. The van der Waals surface area contributed by atoms with Crippen molar-refractivity contribution in [1.82, 2.24) is 14.9 Å². The average Bonchev–Trinajstić information content (AvgIpc) is 3.05. The zero-order chi connectivity index (χ0) is 20.8. The van der Waals surface area contributed by atoms with E-state index in [9.17, 15) is 0 Å². The van der Waals surface area contributed by atoms with Crippen LogP contribution in [0.4, 0.5) is 0 Å². The first-order chi connectivity index (χ1) is 14.0. The van der Waals surface area contributed by atoms with Crippen LogP contribution in [0.5, 0.6) is 11.5 Å². The minimum absolute atomic E-state index is 0.287. The van der Waals surface area contributed by atoms with E-state index >= 15 is 0 Å². The normalized spacial score (nSPS) is 10.8. The molecule has 2 N–H and O–H groups in total. The van der Waals surface area contributed by atoms with Crippen molar-refractivity contribution < 1.29 is 9.47 Å². The van der Waals surface area contributed by atoms with Crippen molar-refractivity contribution in [3.8, 4) is 11.5 Å².